The van der Waals surface area contributed by atoms with Crippen molar-refractivity contribution in [2.75, 3.05) is 6.54 Å². The highest BCUT2D eigenvalue weighted by Crippen LogP contribution is 2.23. The smallest absolute Gasteiger partial charge is 0.200 e. The minimum atomic E-state index is -2.17. The van der Waals surface area contributed by atoms with Crippen molar-refractivity contribution in [3.8, 4) is 0 Å². The fraction of sp³-hybridized carbons (Fsp3) is 0.111. The molecule has 0 bridgehead atoms. The molecule has 2 N–H and O–H groups in total. The van der Waals surface area contributed by atoms with Gasteiger partial charge in [0.2, 0.25) is 5.82 Å². The summed E-state index contributed by atoms with van der Waals surface area (Å²) in [5.41, 5.74) is 4.00. The first kappa shape index (κ1) is 11.6. The van der Waals surface area contributed by atoms with E-state index in [0.29, 0.717) is 0 Å². The normalized spacial score (nSPS) is 11.3. The van der Waals surface area contributed by atoms with E-state index in [1.54, 1.807) is 0 Å². The van der Waals surface area contributed by atoms with Crippen molar-refractivity contribution in [1.29, 1.82) is 0 Å². The summed E-state index contributed by atoms with van der Waals surface area (Å²) in [4.78, 5) is 0. The molecular formula is C9H6F5N. The van der Waals surface area contributed by atoms with Gasteiger partial charge >= 0.3 is 0 Å². The van der Waals surface area contributed by atoms with E-state index < -0.39 is 34.6 Å². The summed E-state index contributed by atoms with van der Waals surface area (Å²) < 4.78 is 63.6. The van der Waals surface area contributed by atoms with Crippen LogP contribution in [-0.2, 0) is 0 Å². The van der Waals surface area contributed by atoms with E-state index in [9.17, 15) is 22.0 Å². The predicted octanol–water partition coefficient (Wildman–Crippen LogP) is 2.35. The first-order valence-corrected chi connectivity index (χ1v) is 3.88. The maximum atomic E-state index is 12.9. The lowest BCUT2D eigenvalue weighted by molar-refractivity contribution is 0.377. The third-order valence-corrected chi connectivity index (χ3v) is 1.66. The van der Waals surface area contributed by atoms with Crippen molar-refractivity contribution < 1.29 is 22.0 Å². The van der Waals surface area contributed by atoms with Gasteiger partial charge in [0.15, 0.2) is 23.3 Å². The molecule has 0 aliphatic carbocycles. The summed E-state index contributed by atoms with van der Waals surface area (Å²) in [5.74, 6) is -9.83. The molecule has 1 aromatic carbocycles. The van der Waals surface area contributed by atoms with E-state index in [1.807, 2.05) is 0 Å². The fourth-order valence-corrected chi connectivity index (χ4v) is 0.954. The first-order chi connectivity index (χ1) is 7.00. The standard InChI is InChI=1S/C9H6F5N/c10-5-4(2-1-3-15)6(11)8(13)9(14)7(5)12/h1-2H,3,15H2/b2-1+. The zero-order chi connectivity index (χ0) is 11.6. The lowest BCUT2D eigenvalue weighted by Gasteiger charge is -2.03. The quantitative estimate of drug-likeness (QED) is 0.465. The van der Waals surface area contributed by atoms with Crippen molar-refractivity contribution in [2.24, 2.45) is 5.73 Å². The van der Waals surface area contributed by atoms with Crippen LogP contribution in [0.25, 0.3) is 6.08 Å². The average Bonchev–Trinajstić information content (AvgIpc) is 2.24. The number of hydrogen-bond acceptors (Lipinski definition) is 1. The third-order valence-electron chi connectivity index (χ3n) is 1.66. The highest BCUT2D eigenvalue weighted by Gasteiger charge is 2.23. The molecule has 15 heavy (non-hydrogen) atoms. The Morgan fingerprint density at radius 3 is 1.60 bits per heavy atom. The van der Waals surface area contributed by atoms with Gasteiger partial charge in [0, 0.05) is 6.54 Å². The van der Waals surface area contributed by atoms with E-state index in [4.69, 9.17) is 5.73 Å². The lowest BCUT2D eigenvalue weighted by Crippen LogP contribution is -2.04. The molecule has 0 aliphatic rings. The summed E-state index contributed by atoms with van der Waals surface area (Å²) >= 11 is 0. The van der Waals surface area contributed by atoms with Crippen molar-refractivity contribution in [3.05, 3.63) is 40.7 Å². The van der Waals surface area contributed by atoms with E-state index in [2.05, 4.69) is 0 Å². The SMILES string of the molecule is NC/C=C/c1c(F)c(F)c(F)c(F)c1F. The van der Waals surface area contributed by atoms with E-state index in [1.165, 1.54) is 0 Å². The average molecular weight is 223 g/mol. The van der Waals surface area contributed by atoms with Crippen LogP contribution in [0, 0.1) is 29.1 Å². The maximum absolute atomic E-state index is 12.9. The Balaban J connectivity index is 3.45. The summed E-state index contributed by atoms with van der Waals surface area (Å²) in [7, 11) is 0. The highest BCUT2D eigenvalue weighted by atomic mass is 19.2. The predicted molar refractivity (Wildman–Crippen MR) is 44.3 cm³/mol. The van der Waals surface area contributed by atoms with Crippen molar-refractivity contribution >= 4 is 6.08 Å². The Kier molecular flexibility index (Phi) is 3.41. The molecule has 0 spiro atoms. The van der Waals surface area contributed by atoms with Crippen LogP contribution in [0.4, 0.5) is 22.0 Å². The van der Waals surface area contributed by atoms with Gasteiger partial charge < -0.3 is 5.73 Å². The van der Waals surface area contributed by atoms with Gasteiger partial charge in [-0.3, -0.25) is 0 Å². The van der Waals surface area contributed by atoms with Crippen molar-refractivity contribution in [3.63, 3.8) is 0 Å². The van der Waals surface area contributed by atoms with Crippen molar-refractivity contribution in [1.82, 2.24) is 0 Å². The van der Waals surface area contributed by atoms with Crippen LogP contribution in [0.2, 0.25) is 0 Å². The molecule has 82 valence electrons. The Labute approximate surface area is 82.0 Å². The van der Waals surface area contributed by atoms with Crippen LogP contribution < -0.4 is 5.73 Å². The Morgan fingerprint density at radius 1 is 0.800 bits per heavy atom. The topological polar surface area (TPSA) is 26.0 Å². The molecule has 0 saturated heterocycles. The monoisotopic (exact) mass is 223 g/mol. The summed E-state index contributed by atoms with van der Waals surface area (Å²) in [6.07, 6.45) is 1.83. The second-order valence-electron chi connectivity index (χ2n) is 2.62. The van der Waals surface area contributed by atoms with Crippen LogP contribution >= 0.6 is 0 Å². The molecule has 1 aromatic rings. The molecule has 0 saturated carbocycles. The third kappa shape index (κ3) is 1.99. The molecule has 0 fully saturated rings. The summed E-state index contributed by atoms with van der Waals surface area (Å²) in [5, 5.41) is 0. The minimum absolute atomic E-state index is 0.0699. The number of nitrogens with two attached hydrogens (primary N) is 1. The van der Waals surface area contributed by atoms with E-state index in [0.717, 1.165) is 12.2 Å². The molecule has 0 aliphatic heterocycles. The molecule has 0 aromatic heterocycles. The number of benzene rings is 1. The molecule has 0 unspecified atom stereocenters. The molecule has 0 radical (unpaired) electrons. The van der Waals surface area contributed by atoms with E-state index >= 15 is 0 Å². The largest absolute Gasteiger partial charge is 0.327 e. The van der Waals surface area contributed by atoms with Crippen LogP contribution in [0.1, 0.15) is 5.56 Å². The summed E-state index contributed by atoms with van der Waals surface area (Å²) in [6.45, 7) is -0.0699. The molecule has 0 heterocycles. The van der Waals surface area contributed by atoms with Crippen LogP contribution in [0.3, 0.4) is 0 Å². The van der Waals surface area contributed by atoms with Gasteiger partial charge in [-0.1, -0.05) is 12.2 Å². The van der Waals surface area contributed by atoms with Gasteiger partial charge in [0.25, 0.3) is 0 Å². The Hall–Kier alpha value is -1.43. The maximum Gasteiger partial charge on any atom is 0.200 e. The second-order valence-corrected chi connectivity index (χ2v) is 2.62. The Bertz CT molecular complexity index is 384. The lowest BCUT2D eigenvalue weighted by atomic mass is 10.1. The molecule has 1 nitrogen and oxygen atoms in total. The zero-order valence-electron chi connectivity index (χ0n) is 7.33. The second kappa shape index (κ2) is 4.39. The number of halogens is 5. The van der Waals surface area contributed by atoms with Gasteiger partial charge in [0.1, 0.15) is 0 Å². The van der Waals surface area contributed by atoms with Crippen LogP contribution in [-0.4, -0.2) is 6.54 Å². The minimum Gasteiger partial charge on any atom is -0.327 e. The Morgan fingerprint density at radius 2 is 1.20 bits per heavy atom. The van der Waals surface area contributed by atoms with Gasteiger partial charge in [-0.05, 0) is 0 Å². The number of rotatable bonds is 2. The van der Waals surface area contributed by atoms with Crippen LogP contribution in [0.15, 0.2) is 6.08 Å². The number of hydrogen-bond donors (Lipinski definition) is 1. The molecule has 0 atom stereocenters. The first-order valence-electron chi connectivity index (χ1n) is 3.88. The molecule has 6 heteroatoms. The zero-order valence-corrected chi connectivity index (χ0v) is 7.33. The fourth-order valence-electron chi connectivity index (χ4n) is 0.954. The van der Waals surface area contributed by atoms with Gasteiger partial charge in [-0.15, -0.1) is 0 Å². The van der Waals surface area contributed by atoms with Gasteiger partial charge in [-0.2, -0.15) is 0 Å². The molecular weight excluding hydrogens is 217 g/mol. The van der Waals surface area contributed by atoms with E-state index in [-0.39, 0.29) is 6.54 Å². The molecule has 1 rings (SSSR count). The summed E-state index contributed by atoms with van der Waals surface area (Å²) in [6, 6.07) is 0. The molecule has 0 amide bonds. The van der Waals surface area contributed by atoms with Crippen LogP contribution in [0.5, 0.6) is 0 Å². The van der Waals surface area contributed by atoms with Gasteiger partial charge in [0.05, 0.1) is 5.56 Å². The van der Waals surface area contributed by atoms with Crippen molar-refractivity contribution in [2.45, 2.75) is 0 Å². The van der Waals surface area contributed by atoms with Gasteiger partial charge in [-0.25, -0.2) is 22.0 Å². The highest BCUT2D eigenvalue weighted by molar-refractivity contribution is 5.51.